The van der Waals surface area contributed by atoms with Gasteiger partial charge >= 0.3 is 0 Å². The summed E-state index contributed by atoms with van der Waals surface area (Å²) < 4.78 is 4.61. The van der Waals surface area contributed by atoms with Gasteiger partial charge in [0, 0.05) is 0 Å². The van der Waals surface area contributed by atoms with Gasteiger partial charge in [-0.1, -0.05) is 0 Å². The molecule has 0 amide bonds. The van der Waals surface area contributed by atoms with Gasteiger partial charge in [-0.2, -0.15) is 0 Å². The molecule has 0 bridgehead atoms. The van der Waals surface area contributed by atoms with E-state index >= 15 is 0 Å². The van der Waals surface area contributed by atoms with E-state index in [0.29, 0.717) is 13.0 Å². The Hall–Kier alpha value is -0.160. The van der Waals surface area contributed by atoms with Crippen molar-refractivity contribution < 1.29 is 20.1 Å². The van der Waals surface area contributed by atoms with Crippen LogP contribution >= 0.6 is 0 Å². The first-order chi connectivity index (χ1) is 4.22. The average Bonchev–Trinajstić information content (AvgIpc) is 1.83. The molecule has 3 N–H and O–H groups in total. The standard InChI is InChI=1S/C5H10O4/c6-3-1-2-9-5(8)4(3)7/h3-8H,1-2H2/t3-,4-,5?/m0/s1. The van der Waals surface area contributed by atoms with E-state index in [2.05, 4.69) is 4.74 Å². The van der Waals surface area contributed by atoms with Crippen LogP contribution in [0.5, 0.6) is 0 Å². The van der Waals surface area contributed by atoms with Gasteiger partial charge in [-0.05, 0) is 6.42 Å². The van der Waals surface area contributed by atoms with E-state index in [4.69, 9.17) is 15.3 Å². The van der Waals surface area contributed by atoms with Crippen molar-refractivity contribution in [2.24, 2.45) is 0 Å². The summed E-state index contributed by atoms with van der Waals surface area (Å²) in [5.41, 5.74) is 0. The molecular weight excluding hydrogens is 124 g/mol. The average molecular weight is 134 g/mol. The Labute approximate surface area is 52.7 Å². The maximum absolute atomic E-state index is 8.86. The highest BCUT2D eigenvalue weighted by atomic mass is 16.6. The number of hydrogen-bond donors (Lipinski definition) is 3. The molecule has 0 aliphatic carbocycles. The van der Waals surface area contributed by atoms with Crippen LogP contribution in [-0.2, 0) is 4.74 Å². The van der Waals surface area contributed by atoms with Crippen LogP contribution in [0.15, 0.2) is 0 Å². The summed E-state index contributed by atoms with van der Waals surface area (Å²) in [5, 5.41) is 26.4. The summed E-state index contributed by atoms with van der Waals surface area (Å²) in [7, 11) is 0. The largest absolute Gasteiger partial charge is 0.390 e. The number of ether oxygens (including phenoxy) is 1. The molecule has 1 aliphatic rings. The smallest absolute Gasteiger partial charge is 0.183 e. The van der Waals surface area contributed by atoms with Gasteiger partial charge in [0.1, 0.15) is 6.10 Å². The Morgan fingerprint density at radius 1 is 1.22 bits per heavy atom. The molecule has 1 saturated heterocycles. The molecule has 0 radical (unpaired) electrons. The van der Waals surface area contributed by atoms with E-state index in [9.17, 15) is 0 Å². The number of rotatable bonds is 0. The highest BCUT2D eigenvalue weighted by molar-refractivity contribution is 4.73. The molecular formula is C5H10O4. The van der Waals surface area contributed by atoms with Crippen LogP contribution in [0.2, 0.25) is 0 Å². The van der Waals surface area contributed by atoms with E-state index in [-0.39, 0.29) is 0 Å². The van der Waals surface area contributed by atoms with Crippen molar-refractivity contribution in [1.82, 2.24) is 0 Å². The van der Waals surface area contributed by atoms with Crippen molar-refractivity contribution in [3.8, 4) is 0 Å². The molecule has 1 aliphatic heterocycles. The van der Waals surface area contributed by atoms with Gasteiger partial charge in [0.05, 0.1) is 12.7 Å². The van der Waals surface area contributed by atoms with E-state index in [0.717, 1.165) is 0 Å². The van der Waals surface area contributed by atoms with Crippen molar-refractivity contribution in [3.05, 3.63) is 0 Å². The van der Waals surface area contributed by atoms with Gasteiger partial charge < -0.3 is 20.1 Å². The summed E-state index contributed by atoms with van der Waals surface area (Å²) in [4.78, 5) is 0. The Morgan fingerprint density at radius 2 is 1.89 bits per heavy atom. The zero-order chi connectivity index (χ0) is 6.85. The van der Waals surface area contributed by atoms with Gasteiger partial charge in [0.15, 0.2) is 6.29 Å². The molecule has 0 spiro atoms. The summed E-state index contributed by atoms with van der Waals surface area (Å²) in [6, 6.07) is 0. The Bertz CT molecular complexity index is 85.0. The summed E-state index contributed by atoms with van der Waals surface area (Å²) >= 11 is 0. The molecule has 0 aromatic heterocycles. The van der Waals surface area contributed by atoms with Crippen molar-refractivity contribution >= 4 is 0 Å². The summed E-state index contributed by atoms with van der Waals surface area (Å²) in [6.07, 6.45) is -2.81. The zero-order valence-corrected chi connectivity index (χ0v) is 4.90. The first-order valence-electron chi connectivity index (χ1n) is 2.87. The van der Waals surface area contributed by atoms with Gasteiger partial charge in [0.25, 0.3) is 0 Å². The van der Waals surface area contributed by atoms with Crippen molar-refractivity contribution in [2.75, 3.05) is 6.61 Å². The second-order valence-corrected chi connectivity index (χ2v) is 2.11. The molecule has 3 atom stereocenters. The molecule has 4 nitrogen and oxygen atoms in total. The lowest BCUT2D eigenvalue weighted by Crippen LogP contribution is -2.44. The van der Waals surface area contributed by atoms with Gasteiger partial charge in [-0.15, -0.1) is 0 Å². The van der Waals surface area contributed by atoms with E-state index in [1.807, 2.05) is 0 Å². The number of aliphatic hydroxyl groups excluding tert-OH is 3. The van der Waals surface area contributed by atoms with Crippen molar-refractivity contribution in [1.29, 1.82) is 0 Å². The second kappa shape index (κ2) is 2.62. The SMILES string of the molecule is OC1OCC[C@H](O)[C@@H]1O. The topological polar surface area (TPSA) is 69.9 Å². The van der Waals surface area contributed by atoms with Gasteiger partial charge in [-0.25, -0.2) is 0 Å². The highest BCUT2D eigenvalue weighted by Crippen LogP contribution is 2.11. The molecule has 4 heteroatoms. The third-order valence-electron chi connectivity index (χ3n) is 1.39. The molecule has 1 rings (SSSR count). The Morgan fingerprint density at radius 3 is 2.33 bits per heavy atom. The van der Waals surface area contributed by atoms with Crippen LogP contribution in [0.25, 0.3) is 0 Å². The van der Waals surface area contributed by atoms with E-state index in [1.54, 1.807) is 0 Å². The van der Waals surface area contributed by atoms with Crippen molar-refractivity contribution in [3.63, 3.8) is 0 Å². The third-order valence-corrected chi connectivity index (χ3v) is 1.39. The first kappa shape index (κ1) is 6.95. The first-order valence-corrected chi connectivity index (χ1v) is 2.87. The Balaban J connectivity index is 2.41. The van der Waals surface area contributed by atoms with Crippen LogP contribution in [-0.4, -0.2) is 40.4 Å². The minimum absolute atomic E-state index is 0.305. The summed E-state index contributed by atoms with van der Waals surface area (Å²) in [6.45, 7) is 0.305. The molecule has 9 heavy (non-hydrogen) atoms. The molecule has 1 unspecified atom stereocenters. The lowest BCUT2D eigenvalue weighted by atomic mass is 10.1. The third kappa shape index (κ3) is 1.40. The van der Waals surface area contributed by atoms with Crippen LogP contribution < -0.4 is 0 Å². The number of hydrogen-bond acceptors (Lipinski definition) is 4. The minimum atomic E-state index is -1.21. The maximum atomic E-state index is 8.86. The minimum Gasteiger partial charge on any atom is -0.390 e. The molecule has 0 aromatic carbocycles. The van der Waals surface area contributed by atoms with Crippen LogP contribution in [0.3, 0.4) is 0 Å². The van der Waals surface area contributed by atoms with Gasteiger partial charge in [0.2, 0.25) is 0 Å². The lowest BCUT2D eigenvalue weighted by Gasteiger charge is -2.27. The van der Waals surface area contributed by atoms with Crippen molar-refractivity contribution in [2.45, 2.75) is 24.9 Å². The molecule has 1 heterocycles. The quantitative estimate of drug-likeness (QED) is 0.375. The van der Waals surface area contributed by atoms with Crippen LogP contribution in [0, 0.1) is 0 Å². The maximum Gasteiger partial charge on any atom is 0.183 e. The van der Waals surface area contributed by atoms with E-state index < -0.39 is 18.5 Å². The summed E-state index contributed by atoms with van der Waals surface area (Å²) in [5.74, 6) is 0. The molecule has 1 fully saturated rings. The predicted octanol–water partition coefficient (Wildman–Crippen LogP) is -1.55. The monoisotopic (exact) mass is 134 g/mol. The molecule has 0 saturated carbocycles. The normalized spacial score (nSPS) is 45.0. The highest BCUT2D eigenvalue weighted by Gasteiger charge is 2.29. The second-order valence-electron chi connectivity index (χ2n) is 2.11. The Kier molecular flexibility index (Phi) is 2.02. The predicted molar refractivity (Wildman–Crippen MR) is 28.6 cm³/mol. The lowest BCUT2D eigenvalue weighted by molar-refractivity contribution is -0.219. The fraction of sp³-hybridized carbons (Fsp3) is 1.00. The van der Waals surface area contributed by atoms with E-state index in [1.165, 1.54) is 0 Å². The van der Waals surface area contributed by atoms with Crippen LogP contribution in [0.1, 0.15) is 6.42 Å². The fourth-order valence-corrected chi connectivity index (χ4v) is 0.769. The number of aliphatic hydroxyl groups is 3. The molecule has 0 aromatic rings. The zero-order valence-electron chi connectivity index (χ0n) is 4.90. The van der Waals surface area contributed by atoms with Crippen LogP contribution in [0.4, 0.5) is 0 Å². The van der Waals surface area contributed by atoms with Gasteiger partial charge in [-0.3, -0.25) is 0 Å². The molecule has 54 valence electrons. The fourth-order valence-electron chi connectivity index (χ4n) is 0.769.